The van der Waals surface area contributed by atoms with E-state index >= 15 is 0 Å². The lowest BCUT2D eigenvalue weighted by atomic mass is 10.4. The maximum absolute atomic E-state index is 13.1. The largest absolute Gasteiger partial charge is 0.451 e. The van der Waals surface area contributed by atoms with Gasteiger partial charge in [0, 0.05) is 5.38 Å². The Morgan fingerprint density at radius 1 is 1.50 bits per heavy atom. The van der Waals surface area contributed by atoms with Crippen molar-refractivity contribution in [3.63, 3.8) is 0 Å². The number of rotatable bonds is 3. The smallest absolute Gasteiger partial charge is 0.432 e. The molecule has 1 aromatic heterocycles. The van der Waals surface area contributed by atoms with E-state index in [0.717, 1.165) is 7.11 Å². The molecule has 0 aliphatic heterocycles. The van der Waals surface area contributed by atoms with E-state index in [-0.39, 0.29) is 11.3 Å². The van der Waals surface area contributed by atoms with E-state index in [0.29, 0.717) is 5.38 Å². The lowest BCUT2D eigenvalue weighted by Crippen LogP contribution is -2.25. The number of halogens is 4. The minimum atomic E-state index is -4.87. The van der Waals surface area contributed by atoms with Gasteiger partial charge in [-0.1, -0.05) is 0 Å². The van der Waals surface area contributed by atoms with Crippen LogP contribution in [0.2, 0.25) is 0 Å². The zero-order valence-electron chi connectivity index (χ0n) is 8.54. The number of alkyl halides is 3. The summed E-state index contributed by atoms with van der Waals surface area (Å²) in [7, 11) is 0.952. The third-order valence-electron chi connectivity index (χ3n) is 1.51. The predicted octanol–water partition coefficient (Wildman–Crippen LogP) is 2.22. The number of carbonyl (C=O) groups is 1. The van der Waals surface area contributed by atoms with E-state index in [4.69, 9.17) is 0 Å². The van der Waals surface area contributed by atoms with Crippen molar-refractivity contribution in [2.24, 2.45) is 0 Å². The molecule has 102 valence electrons. The molecule has 1 unspecified atom stereocenters. The van der Waals surface area contributed by atoms with Gasteiger partial charge in [-0.25, -0.2) is 13.4 Å². The van der Waals surface area contributed by atoms with Crippen LogP contribution in [0.5, 0.6) is 0 Å². The van der Waals surface area contributed by atoms with Gasteiger partial charge in [-0.15, -0.1) is 11.3 Å². The highest BCUT2D eigenvalue weighted by atomic mass is 32.2. The Balaban J connectivity index is 2.92. The lowest BCUT2D eigenvalue weighted by Gasteiger charge is -2.07. The third-order valence-corrected chi connectivity index (χ3v) is 3.61. The standard InChI is InChI=1S/C7H5F4NO4S2/c1-15-6(13)12-16-18(14)4-3(8)2-17-5(4)7(9,10)11/h2H,1H3,(H,12,13). The third kappa shape index (κ3) is 3.40. The second-order valence-electron chi connectivity index (χ2n) is 2.65. The van der Waals surface area contributed by atoms with E-state index < -0.39 is 38.9 Å². The molecule has 0 aliphatic carbocycles. The van der Waals surface area contributed by atoms with Crippen molar-refractivity contribution in [1.29, 1.82) is 0 Å². The molecule has 1 atom stereocenters. The first-order valence-corrected chi connectivity index (χ1v) is 6.00. The Morgan fingerprint density at radius 2 is 2.11 bits per heavy atom. The summed E-state index contributed by atoms with van der Waals surface area (Å²) in [4.78, 5) is 7.97. The molecule has 0 spiro atoms. The first kappa shape index (κ1) is 14.9. The molecule has 5 nitrogen and oxygen atoms in total. The van der Waals surface area contributed by atoms with Gasteiger partial charge in [-0.2, -0.15) is 22.9 Å². The molecule has 1 heterocycles. The van der Waals surface area contributed by atoms with Crippen molar-refractivity contribution in [2.45, 2.75) is 11.1 Å². The van der Waals surface area contributed by atoms with Crippen LogP contribution >= 0.6 is 11.3 Å². The molecule has 0 saturated heterocycles. The molecule has 0 fully saturated rings. The highest BCUT2D eigenvalue weighted by Gasteiger charge is 2.39. The molecule has 1 aromatic rings. The Hall–Kier alpha value is -1.20. The van der Waals surface area contributed by atoms with Gasteiger partial charge in [0.2, 0.25) is 11.1 Å². The van der Waals surface area contributed by atoms with Gasteiger partial charge in [-0.3, -0.25) is 0 Å². The van der Waals surface area contributed by atoms with Gasteiger partial charge in [0.05, 0.1) is 7.11 Å². The molecule has 0 aliphatic rings. The molecule has 1 amide bonds. The normalized spacial score (nSPS) is 13.2. The first-order valence-electron chi connectivity index (χ1n) is 4.04. The van der Waals surface area contributed by atoms with Crippen molar-refractivity contribution < 1.29 is 35.6 Å². The molecule has 11 heteroatoms. The topological polar surface area (TPSA) is 64.6 Å². The van der Waals surface area contributed by atoms with E-state index in [1.165, 1.54) is 5.48 Å². The van der Waals surface area contributed by atoms with E-state index in [2.05, 4.69) is 9.02 Å². The number of ether oxygens (including phenoxy) is 1. The van der Waals surface area contributed by atoms with Crippen molar-refractivity contribution in [2.75, 3.05) is 7.11 Å². The number of methoxy groups -OCH3 is 1. The summed E-state index contributed by atoms with van der Waals surface area (Å²) >= 11 is -2.81. The van der Waals surface area contributed by atoms with Crippen LogP contribution in [0.3, 0.4) is 0 Å². The van der Waals surface area contributed by atoms with Gasteiger partial charge in [-0.05, 0) is 0 Å². The minimum absolute atomic E-state index is 0.0344. The summed E-state index contributed by atoms with van der Waals surface area (Å²) in [5.74, 6) is -1.34. The Bertz CT molecular complexity index is 473. The summed E-state index contributed by atoms with van der Waals surface area (Å²) in [5.41, 5.74) is 1.44. The maximum Gasteiger partial charge on any atom is 0.432 e. The fraction of sp³-hybridized carbons (Fsp3) is 0.286. The van der Waals surface area contributed by atoms with Gasteiger partial charge in [0.1, 0.15) is 9.77 Å². The minimum Gasteiger partial charge on any atom is -0.451 e. The molecule has 0 bridgehead atoms. The zero-order chi connectivity index (χ0) is 13.9. The number of thiophene rings is 1. The number of carbonyl (C=O) groups excluding carboxylic acids is 1. The Kier molecular flexibility index (Phi) is 4.65. The number of nitrogens with one attached hydrogen (secondary N) is 1. The van der Waals surface area contributed by atoms with Crippen LogP contribution < -0.4 is 5.48 Å². The van der Waals surface area contributed by atoms with E-state index in [1.807, 2.05) is 0 Å². The van der Waals surface area contributed by atoms with Crippen LogP contribution in [-0.2, 0) is 26.3 Å². The average Bonchev–Trinajstić information content (AvgIpc) is 2.67. The highest BCUT2D eigenvalue weighted by molar-refractivity contribution is 7.80. The fourth-order valence-corrected chi connectivity index (χ4v) is 2.64. The average molecular weight is 307 g/mol. The van der Waals surface area contributed by atoms with Crippen LogP contribution in [0.4, 0.5) is 22.4 Å². The molecule has 0 saturated carbocycles. The fourth-order valence-electron chi connectivity index (χ4n) is 0.832. The van der Waals surface area contributed by atoms with Crippen LogP contribution in [-0.4, -0.2) is 17.4 Å². The number of hydrogen-bond acceptors (Lipinski definition) is 5. The second-order valence-corrected chi connectivity index (χ2v) is 4.58. The maximum atomic E-state index is 13.1. The molecule has 0 radical (unpaired) electrons. The molecule has 0 aromatic carbocycles. The van der Waals surface area contributed by atoms with Gasteiger partial charge in [0.25, 0.3) is 0 Å². The van der Waals surface area contributed by atoms with Crippen molar-refractivity contribution in [3.05, 3.63) is 16.1 Å². The molecule has 18 heavy (non-hydrogen) atoms. The van der Waals surface area contributed by atoms with Crippen molar-refractivity contribution >= 4 is 28.5 Å². The van der Waals surface area contributed by atoms with Crippen LogP contribution in [0.1, 0.15) is 4.88 Å². The van der Waals surface area contributed by atoms with E-state index in [1.54, 1.807) is 0 Å². The van der Waals surface area contributed by atoms with Crippen LogP contribution in [0.25, 0.3) is 0 Å². The highest BCUT2D eigenvalue weighted by Crippen LogP contribution is 2.39. The first-order chi connectivity index (χ1) is 8.27. The predicted molar refractivity (Wildman–Crippen MR) is 52.3 cm³/mol. The monoisotopic (exact) mass is 307 g/mol. The second kappa shape index (κ2) is 5.63. The lowest BCUT2D eigenvalue weighted by molar-refractivity contribution is -0.136. The number of amides is 1. The summed E-state index contributed by atoms with van der Waals surface area (Å²) < 4.78 is 69.8. The van der Waals surface area contributed by atoms with Crippen molar-refractivity contribution in [1.82, 2.24) is 5.48 Å². The molecular weight excluding hydrogens is 302 g/mol. The number of hydroxylamine groups is 1. The van der Waals surface area contributed by atoms with E-state index in [9.17, 15) is 26.6 Å². The SMILES string of the molecule is COC(=O)NOS(=O)c1c(F)csc1C(F)(F)F. The van der Waals surface area contributed by atoms with Gasteiger partial charge >= 0.3 is 12.3 Å². The Labute approximate surface area is 104 Å². The summed E-state index contributed by atoms with van der Waals surface area (Å²) in [5, 5.41) is 0.539. The molecular formula is C7H5F4NO4S2. The van der Waals surface area contributed by atoms with Crippen LogP contribution in [0.15, 0.2) is 10.3 Å². The van der Waals surface area contributed by atoms with Crippen molar-refractivity contribution in [3.8, 4) is 0 Å². The quantitative estimate of drug-likeness (QED) is 0.687. The van der Waals surface area contributed by atoms with Gasteiger partial charge in [0.15, 0.2) is 5.82 Å². The van der Waals surface area contributed by atoms with Gasteiger partial charge < -0.3 is 4.74 Å². The zero-order valence-corrected chi connectivity index (χ0v) is 10.2. The Morgan fingerprint density at radius 3 is 2.61 bits per heavy atom. The molecule has 1 rings (SSSR count). The summed E-state index contributed by atoms with van der Waals surface area (Å²) in [6.07, 6.45) is -6.05. The van der Waals surface area contributed by atoms with Crippen LogP contribution in [0, 0.1) is 5.82 Å². The summed E-state index contributed by atoms with van der Waals surface area (Å²) in [6.45, 7) is 0. The molecule has 1 N–H and O–H groups in total. The number of hydrogen-bond donors (Lipinski definition) is 1. The summed E-state index contributed by atoms with van der Waals surface area (Å²) in [6, 6.07) is 0.